The molecule has 0 saturated heterocycles. The molecule has 7 heteroatoms. The number of thioether (sulfide) groups is 1. The van der Waals surface area contributed by atoms with Crippen LogP contribution in [0.1, 0.15) is 26.2 Å². The molecular formula is C11H17N5OS. The van der Waals surface area contributed by atoms with Gasteiger partial charge in [0.15, 0.2) is 5.16 Å². The van der Waals surface area contributed by atoms with Gasteiger partial charge < -0.3 is 0 Å². The van der Waals surface area contributed by atoms with E-state index in [1.165, 1.54) is 16.3 Å². The van der Waals surface area contributed by atoms with E-state index in [4.69, 9.17) is 0 Å². The molecule has 1 fully saturated rings. The number of hydrogen-bond donors (Lipinski definition) is 2. The number of aromatic nitrogens is 3. The van der Waals surface area contributed by atoms with Gasteiger partial charge in [0, 0.05) is 18.8 Å². The van der Waals surface area contributed by atoms with Gasteiger partial charge in [-0.15, -0.1) is 5.10 Å². The quantitative estimate of drug-likeness (QED) is 0.738. The Kier molecular flexibility index (Phi) is 3.78. The zero-order valence-electron chi connectivity index (χ0n) is 10.6. The van der Waals surface area contributed by atoms with E-state index in [2.05, 4.69) is 21.6 Å². The molecule has 1 atom stereocenters. The van der Waals surface area contributed by atoms with Gasteiger partial charge in [0.2, 0.25) is 0 Å². The number of rotatable bonds is 6. The lowest BCUT2D eigenvalue weighted by molar-refractivity contribution is 0.433. The lowest BCUT2D eigenvalue weighted by Gasteiger charge is -2.22. The number of nitriles is 1. The lowest BCUT2D eigenvalue weighted by Crippen LogP contribution is -2.42. The van der Waals surface area contributed by atoms with Crippen molar-refractivity contribution in [1.82, 2.24) is 20.1 Å². The zero-order chi connectivity index (χ0) is 13.2. The SMILES string of the molecule is Cn1c(SCCC(C)(C#N)NC2CC2)n[nH]c1=O. The molecule has 0 aromatic carbocycles. The van der Waals surface area contributed by atoms with Gasteiger partial charge in [0.25, 0.3) is 0 Å². The minimum absolute atomic E-state index is 0.211. The Balaban J connectivity index is 1.85. The molecule has 1 aliphatic carbocycles. The molecule has 0 radical (unpaired) electrons. The molecule has 1 unspecified atom stereocenters. The summed E-state index contributed by atoms with van der Waals surface area (Å²) in [6.45, 7) is 1.93. The molecule has 2 rings (SSSR count). The van der Waals surface area contributed by atoms with Gasteiger partial charge in [-0.2, -0.15) is 5.26 Å². The average molecular weight is 267 g/mol. The van der Waals surface area contributed by atoms with Crippen molar-refractivity contribution in [2.24, 2.45) is 7.05 Å². The van der Waals surface area contributed by atoms with Crippen LogP contribution in [-0.4, -0.2) is 32.1 Å². The molecule has 1 aromatic rings. The van der Waals surface area contributed by atoms with Crippen LogP contribution in [0.25, 0.3) is 0 Å². The number of hydrogen-bond acceptors (Lipinski definition) is 5. The van der Waals surface area contributed by atoms with Gasteiger partial charge in [-0.3, -0.25) is 9.88 Å². The molecule has 1 saturated carbocycles. The second-order valence-electron chi connectivity index (χ2n) is 4.83. The molecule has 6 nitrogen and oxygen atoms in total. The minimum atomic E-state index is -0.483. The predicted octanol–water partition coefficient (Wildman–Crippen LogP) is 0.625. The van der Waals surface area contributed by atoms with E-state index in [0.29, 0.717) is 11.2 Å². The average Bonchev–Trinajstić information content (AvgIpc) is 3.10. The van der Waals surface area contributed by atoms with Crippen molar-refractivity contribution in [2.45, 2.75) is 42.9 Å². The Morgan fingerprint density at radius 3 is 2.94 bits per heavy atom. The van der Waals surface area contributed by atoms with Crippen LogP contribution in [0.15, 0.2) is 9.95 Å². The first-order valence-corrected chi connectivity index (χ1v) is 6.96. The van der Waals surface area contributed by atoms with Crippen molar-refractivity contribution in [3.8, 4) is 6.07 Å². The van der Waals surface area contributed by atoms with E-state index < -0.39 is 5.54 Å². The summed E-state index contributed by atoms with van der Waals surface area (Å²) < 4.78 is 1.47. The number of aromatic amines is 1. The fourth-order valence-electron chi connectivity index (χ4n) is 1.65. The van der Waals surface area contributed by atoms with Crippen LogP contribution in [0.4, 0.5) is 0 Å². The molecular weight excluding hydrogens is 250 g/mol. The Morgan fingerprint density at radius 1 is 1.72 bits per heavy atom. The highest BCUT2D eigenvalue weighted by atomic mass is 32.2. The van der Waals surface area contributed by atoms with Gasteiger partial charge >= 0.3 is 5.69 Å². The van der Waals surface area contributed by atoms with Crippen LogP contribution < -0.4 is 11.0 Å². The maximum absolute atomic E-state index is 11.2. The fraction of sp³-hybridized carbons (Fsp3) is 0.727. The van der Waals surface area contributed by atoms with Crippen LogP contribution in [-0.2, 0) is 7.05 Å². The smallest absolute Gasteiger partial charge is 0.297 e. The summed E-state index contributed by atoms with van der Waals surface area (Å²) in [5, 5.41) is 19.5. The Labute approximate surface area is 110 Å². The first kappa shape index (κ1) is 13.2. The van der Waals surface area contributed by atoms with Gasteiger partial charge in [0.1, 0.15) is 5.54 Å². The Hall–Kier alpha value is -1.26. The first-order valence-electron chi connectivity index (χ1n) is 5.97. The normalized spacial score (nSPS) is 18.3. The fourth-order valence-corrected chi connectivity index (χ4v) is 2.73. The van der Waals surface area contributed by atoms with E-state index in [1.807, 2.05) is 6.92 Å². The summed E-state index contributed by atoms with van der Waals surface area (Å²) in [7, 11) is 1.68. The molecule has 1 aromatic heterocycles. The van der Waals surface area contributed by atoms with E-state index in [9.17, 15) is 10.1 Å². The molecule has 0 aliphatic heterocycles. The van der Waals surface area contributed by atoms with E-state index in [1.54, 1.807) is 7.05 Å². The predicted molar refractivity (Wildman–Crippen MR) is 69.3 cm³/mol. The molecule has 98 valence electrons. The second-order valence-corrected chi connectivity index (χ2v) is 5.89. The molecule has 1 aliphatic rings. The molecule has 2 N–H and O–H groups in total. The number of nitrogens with zero attached hydrogens (tertiary/aromatic N) is 3. The number of nitrogens with one attached hydrogen (secondary N) is 2. The first-order chi connectivity index (χ1) is 8.54. The summed E-state index contributed by atoms with van der Waals surface area (Å²) in [6.07, 6.45) is 3.06. The largest absolute Gasteiger partial charge is 0.343 e. The van der Waals surface area contributed by atoms with Crippen molar-refractivity contribution in [3.63, 3.8) is 0 Å². The molecule has 18 heavy (non-hydrogen) atoms. The van der Waals surface area contributed by atoms with Crippen LogP contribution >= 0.6 is 11.8 Å². The Morgan fingerprint density at radius 2 is 2.44 bits per heavy atom. The standard InChI is InChI=1S/C11H17N5OS/c1-11(7-12,13-8-3-4-8)5-6-18-10-15-14-9(17)16(10)2/h8,13H,3-6H2,1-2H3,(H,14,17). The van der Waals surface area contributed by atoms with E-state index in [-0.39, 0.29) is 5.69 Å². The van der Waals surface area contributed by atoms with Crippen molar-refractivity contribution < 1.29 is 0 Å². The van der Waals surface area contributed by atoms with E-state index in [0.717, 1.165) is 25.0 Å². The van der Waals surface area contributed by atoms with Gasteiger partial charge in [-0.25, -0.2) is 9.89 Å². The molecule has 0 spiro atoms. The van der Waals surface area contributed by atoms with Crippen molar-refractivity contribution in [3.05, 3.63) is 10.5 Å². The van der Waals surface area contributed by atoms with Crippen LogP contribution in [0.5, 0.6) is 0 Å². The lowest BCUT2D eigenvalue weighted by atomic mass is 10.0. The Bertz CT molecular complexity index is 512. The van der Waals surface area contributed by atoms with Crippen molar-refractivity contribution in [2.75, 3.05) is 5.75 Å². The highest BCUT2D eigenvalue weighted by Crippen LogP contribution is 2.25. The number of H-pyrrole nitrogens is 1. The van der Waals surface area contributed by atoms with Crippen molar-refractivity contribution in [1.29, 1.82) is 5.26 Å². The topological polar surface area (TPSA) is 86.5 Å². The maximum Gasteiger partial charge on any atom is 0.343 e. The summed E-state index contributed by atoms with van der Waals surface area (Å²) in [5.41, 5.74) is -0.694. The highest BCUT2D eigenvalue weighted by molar-refractivity contribution is 7.99. The third-order valence-electron chi connectivity index (χ3n) is 3.02. The van der Waals surface area contributed by atoms with Gasteiger partial charge in [-0.1, -0.05) is 11.8 Å². The monoisotopic (exact) mass is 267 g/mol. The second kappa shape index (κ2) is 5.16. The van der Waals surface area contributed by atoms with Crippen molar-refractivity contribution >= 4 is 11.8 Å². The van der Waals surface area contributed by atoms with Crippen LogP contribution in [0.2, 0.25) is 0 Å². The minimum Gasteiger partial charge on any atom is -0.297 e. The summed E-state index contributed by atoms with van der Waals surface area (Å²) in [6, 6.07) is 2.84. The summed E-state index contributed by atoms with van der Waals surface area (Å²) in [4.78, 5) is 11.2. The summed E-state index contributed by atoms with van der Waals surface area (Å²) >= 11 is 1.49. The third-order valence-corrected chi connectivity index (χ3v) is 4.05. The maximum atomic E-state index is 11.2. The summed E-state index contributed by atoms with van der Waals surface area (Å²) in [5.74, 6) is 0.752. The highest BCUT2D eigenvalue weighted by Gasteiger charge is 2.32. The third kappa shape index (κ3) is 3.15. The van der Waals surface area contributed by atoms with Gasteiger partial charge in [0.05, 0.1) is 6.07 Å². The molecule has 0 amide bonds. The zero-order valence-corrected chi connectivity index (χ0v) is 11.4. The molecule has 1 heterocycles. The van der Waals surface area contributed by atoms with Gasteiger partial charge in [-0.05, 0) is 26.2 Å². The van der Waals surface area contributed by atoms with Crippen LogP contribution in [0, 0.1) is 11.3 Å². The van der Waals surface area contributed by atoms with E-state index >= 15 is 0 Å². The van der Waals surface area contributed by atoms with Crippen LogP contribution in [0.3, 0.4) is 0 Å². The molecule has 0 bridgehead atoms.